The number of hydrogen-bond acceptors (Lipinski definition) is 6. The number of thiophene rings is 1. The van der Waals surface area contributed by atoms with Gasteiger partial charge in [-0.25, -0.2) is 0 Å². The molecule has 1 atom stereocenters. The van der Waals surface area contributed by atoms with Crippen LogP contribution in [0.1, 0.15) is 22.0 Å². The summed E-state index contributed by atoms with van der Waals surface area (Å²) in [4.78, 5) is 28.4. The number of anilines is 1. The Morgan fingerprint density at radius 2 is 1.94 bits per heavy atom. The van der Waals surface area contributed by atoms with Gasteiger partial charge in [0.05, 0.1) is 5.57 Å². The average molecular weight is 454 g/mol. The monoisotopic (exact) mass is 453 g/mol. The van der Waals surface area contributed by atoms with Crippen LogP contribution in [0.25, 0.3) is 5.76 Å². The zero-order chi connectivity index (χ0) is 21.7. The van der Waals surface area contributed by atoms with E-state index in [0.717, 1.165) is 10.4 Å². The lowest BCUT2D eigenvalue weighted by Crippen LogP contribution is -2.29. The Hall–Kier alpha value is -3.29. The third kappa shape index (κ3) is 3.17. The van der Waals surface area contributed by atoms with Gasteiger partial charge in [0.1, 0.15) is 11.8 Å². The number of nitrogens with zero attached hydrogens (tertiary/aromatic N) is 1. The fraction of sp³-hybridized carbons (Fsp3) is 0.130. The van der Waals surface area contributed by atoms with Crippen LogP contribution >= 0.6 is 22.9 Å². The number of carbonyl (C=O) groups excluding carboxylic acids is 2. The van der Waals surface area contributed by atoms with Crippen molar-refractivity contribution in [1.29, 1.82) is 0 Å². The average Bonchev–Trinajstić information content (AvgIpc) is 3.45. The number of carbonyl (C=O) groups is 2. The maximum atomic E-state index is 13.1. The molecule has 0 bridgehead atoms. The summed E-state index contributed by atoms with van der Waals surface area (Å²) in [7, 11) is 0. The van der Waals surface area contributed by atoms with Gasteiger partial charge >= 0.3 is 0 Å². The van der Waals surface area contributed by atoms with Crippen molar-refractivity contribution in [3.8, 4) is 11.5 Å². The smallest absolute Gasteiger partial charge is 0.300 e. The van der Waals surface area contributed by atoms with Crippen molar-refractivity contribution in [1.82, 2.24) is 0 Å². The van der Waals surface area contributed by atoms with Gasteiger partial charge in [0, 0.05) is 21.2 Å². The van der Waals surface area contributed by atoms with Gasteiger partial charge in [0.15, 0.2) is 11.5 Å². The van der Waals surface area contributed by atoms with Crippen molar-refractivity contribution in [2.45, 2.75) is 13.0 Å². The maximum Gasteiger partial charge on any atom is 0.300 e. The molecule has 1 saturated heterocycles. The highest BCUT2D eigenvalue weighted by molar-refractivity contribution is 7.10. The second-order valence-electron chi connectivity index (χ2n) is 7.18. The molecule has 156 valence electrons. The molecule has 1 aromatic heterocycles. The number of aliphatic hydroxyl groups excluding tert-OH is 1. The number of benzene rings is 2. The van der Waals surface area contributed by atoms with Gasteiger partial charge in [-0.05, 0) is 60.3 Å². The summed E-state index contributed by atoms with van der Waals surface area (Å²) in [5.41, 5.74) is 1.79. The van der Waals surface area contributed by atoms with Crippen molar-refractivity contribution in [2.24, 2.45) is 0 Å². The molecule has 1 amide bonds. The number of amides is 1. The van der Waals surface area contributed by atoms with Crippen LogP contribution in [0.15, 0.2) is 59.5 Å². The van der Waals surface area contributed by atoms with Crippen molar-refractivity contribution >= 4 is 46.1 Å². The summed E-state index contributed by atoms with van der Waals surface area (Å²) in [6.45, 7) is 2.00. The molecule has 2 aromatic carbocycles. The van der Waals surface area contributed by atoms with E-state index in [0.29, 0.717) is 27.8 Å². The Morgan fingerprint density at radius 1 is 1.13 bits per heavy atom. The molecule has 0 saturated carbocycles. The Balaban J connectivity index is 1.72. The van der Waals surface area contributed by atoms with Gasteiger partial charge in [0.2, 0.25) is 6.79 Å². The van der Waals surface area contributed by atoms with E-state index in [9.17, 15) is 14.7 Å². The molecule has 31 heavy (non-hydrogen) atoms. The molecule has 5 rings (SSSR count). The van der Waals surface area contributed by atoms with E-state index >= 15 is 0 Å². The summed E-state index contributed by atoms with van der Waals surface area (Å²) in [6.07, 6.45) is 0. The van der Waals surface area contributed by atoms with E-state index in [2.05, 4.69) is 0 Å². The zero-order valence-electron chi connectivity index (χ0n) is 16.3. The van der Waals surface area contributed by atoms with Crippen molar-refractivity contribution in [3.63, 3.8) is 0 Å². The topological polar surface area (TPSA) is 76.1 Å². The Labute approximate surface area is 186 Å². The van der Waals surface area contributed by atoms with E-state index < -0.39 is 17.7 Å². The second kappa shape index (κ2) is 7.44. The maximum absolute atomic E-state index is 13.1. The molecular formula is C23H16ClNO5S. The van der Waals surface area contributed by atoms with Crippen LogP contribution in [0.4, 0.5) is 5.69 Å². The van der Waals surface area contributed by atoms with Gasteiger partial charge in [-0.1, -0.05) is 17.7 Å². The quantitative estimate of drug-likeness (QED) is 0.340. The van der Waals surface area contributed by atoms with Crippen LogP contribution in [0.3, 0.4) is 0 Å². The molecule has 2 aliphatic rings. The molecule has 0 aliphatic carbocycles. The van der Waals surface area contributed by atoms with E-state index in [1.165, 1.54) is 16.2 Å². The molecule has 6 nitrogen and oxygen atoms in total. The first-order valence-electron chi connectivity index (χ1n) is 9.46. The first-order valence-corrected chi connectivity index (χ1v) is 10.7. The number of fused-ring (bicyclic) bond motifs is 1. The third-order valence-electron chi connectivity index (χ3n) is 5.33. The highest BCUT2D eigenvalue weighted by Gasteiger charge is 2.48. The standard InChI is InChI=1S/C23H16ClNO5S/c1-12-7-8-31-22(12)19-18(20(26)13-5-6-16-17(9-13)30-11-29-16)21(27)23(28)25(19)15-4-2-3-14(24)10-15/h2-10,19,26H,11H2,1H3/b20-18-. The number of rotatable bonds is 3. The number of ketones is 1. The molecule has 0 radical (unpaired) electrons. The predicted molar refractivity (Wildman–Crippen MR) is 118 cm³/mol. The second-order valence-corrected chi connectivity index (χ2v) is 8.57. The molecule has 2 aliphatic heterocycles. The van der Waals surface area contributed by atoms with Gasteiger partial charge in [-0.2, -0.15) is 0 Å². The largest absolute Gasteiger partial charge is 0.507 e. The molecular weight excluding hydrogens is 438 g/mol. The van der Waals surface area contributed by atoms with Crippen LogP contribution in [0, 0.1) is 6.92 Å². The lowest BCUT2D eigenvalue weighted by atomic mass is 9.98. The Kier molecular flexibility index (Phi) is 4.72. The fourth-order valence-corrected chi connectivity index (χ4v) is 5.05. The van der Waals surface area contributed by atoms with Gasteiger partial charge in [0.25, 0.3) is 11.7 Å². The summed E-state index contributed by atoms with van der Waals surface area (Å²) in [5, 5.41) is 13.5. The SMILES string of the molecule is Cc1ccsc1C1/C(=C(/O)c2ccc3c(c2)OCO3)C(=O)C(=O)N1c1cccc(Cl)c1. The minimum Gasteiger partial charge on any atom is -0.507 e. The van der Waals surface area contributed by atoms with E-state index in [1.54, 1.807) is 42.5 Å². The van der Waals surface area contributed by atoms with Gasteiger partial charge < -0.3 is 14.6 Å². The molecule has 1 fully saturated rings. The first-order chi connectivity index (χ1) is 15.0. The lowest BCUT2D eigenvalue weighted by molar-refractivity contribution is -0.132. The predicted octanol–water partition coefficient (Wildman–Crippen LogP) is 5.06. The number of Topliss-reactive ketones (excluding diaryl/α,β-unsaturated/α-hetero) is 1. The fourth-order valence-electron chi connectivity index (χ4n) is 3.84. The number of aliphatic hydroxyl groups is 1. The summed E-state index contributed by atoms with van der Waals surface area (Å²) >= 11 is 7.57. The summed E-state index contributed by atoms with van der Waals surface area (Å²) in [6, 6.07) is 12.8. The highest BCUT2D eigenvalue weighted by Crippen LogP contribution is 2.45. The number of halogens is 1. The number of aryl methyl sites for hydroxylation is 1. The normalized spacial score (nSPS) is 19.3. The van der Waals surface area contributed by atoms with Crippen LogP contribution < -0.4 is 14.4 Å². The van der Waals surface area contributed by atoms with Crippen LogP contribution in [0.2, 0.25) is 5.02 Å². The van der Waals surface area contributed by atoms with Crippen molar-refractivity contribution < 1.29 is 24.2 Å². The molecule has 0 spiro atoms. The molecule has 1 unspecified atom stereocenters. The minimum absolute atomic E-state index is 0.0226. The van der Waals surface area contributed by atoms with Gasteiger partial charge in [-0.3, -0.25) is 14.5 Å². The minimum atomic E-state index is -0.774. The van der Waals surface area contributed by atoms with Crippen LogP contribution in [0.5, 0.6) is 11.5 Å². The summed E-state index contributed by atoms with van der Waals surface area (Å²) in [5.74, 6) is -0.715. The first kappa shape index (κ1) is 19.7. The van der Waals surface area contributed by atoms with E-state index in [1.807, 2.05) is 18.4 Å². The Morgan fingerprint density at radius 3 is 2.68 bits per heavy atom. The van der Waals surface area contributed by atoms with Crippen molar-refractivity contribution in [2.75, 3.05) is 11.7 Å². The molecule has 8 heteroatoms. The van der Waals surface area contributed by atoms with Crippen LogP contribution in [-0.4, -0.2) is 23.6 Å². The molecule has 3 aromatic rings. The molecule has 3 heterocycles. The van der Waals surface area contributed by atoms with Crippen molar-refractivity contribution in [3.05, 3.63) is 80.5 Å². The third-order valence-corrected chi connectivity index (χ3v) is 6.63. The zero-order valence-corrected chi connectivity index (χ0v) is 17.9. The highest BCUT2D eigenvalue weighted by atomic mass is 35.5. The number of ether oxygens (including phenoxy) is 2. The Bertz CT molecular complexity index is 1260. The number of hydrogen-bond donors (Lipinski definition) is 1. The lowest BCUT2D eigenvalue weighted by Gasteiger charge is -2.25. The molecule has 1 N–H and O–H groups in total. The van der Waals surface area contributed by atoms with Gasteiger partial charge in [-0.15, -0.1) is 11.3 Å². The van der Waals surface area contributed by atoms with E-state index in [4.69, 9.17) is 21.1 Å². The van der Waals surface area contributed by atoms with E-state index in [-0.39, 0.29) is 18.1 Å². The van der Waals surface area contributed by atoms with Crippen LogP contribution in [-0.2, 0) is 9.59 Å². The summed E-state index contributed by atoms with van der Waals surface area (Å²) < 4.78 is 10.7.